The molecule has 0 bridgehead atoms. The maximum atomic E-state index is 8.28. The molecule has 0 fully saturated rings. The van der Waals surface area contributed by atoms with Gasteiger partial charge in [-0.1, -0.05) is 198 Å². The van der Waals surface area contributed by atoms with Crippen LogP contribution in [0.15, 0.2) is 244 Å². The van der Waals surface area contributed by atoms with Gasteiger partial charge in [0.25, 0.3) is 0 Å². The van der Waals surface area contributed by atoms with Gasteiger partial charge in [-0.15, -0.1) is 0 Å². The SMILES string of the molecule is [2H]C([2H])=C([2H])c1cccc(-c2ccc(N(c3ccc(-c4ccc(N(c5ccc(-c6cccc(C([2H])=C([2H])[2H])c6)cc5)c5ccc6c(c5)C(C)(C)c5ccccc5-6)cc4)cc3)c3ccc4c(c3)C(C)(C)c3ccccc3-4)cc2)c1. The lowest BCUT2D eigenvalue weighted by atomic mass is 9.82. The number of rotatable bonds is 11. The Hall–Kier alpha value is -8.72. The molecule has 0 saturated carbocycles. The quantitative estimate of drug-likeness (QED) is 0.128. The summed E-state index contributed by atoms with van der Waals surface area (Å²) in [5, 5.41) is 0. The fourth-order valence-electron chi connectivity index (χ4n) is 11.3. The van der Waals surface area contributed by atoms with Crippen molar-refractivity contribution in [2.24, 2.45) is 0 Å². The number of nitrogens with zero attached hydrogens (tertiary/aromatic N) is 2. The van der Waals surface area contributed by atoms with Gasteiger partial charge in [-0.2, -0.15) is 0 Å². The van der Waals surface area contributed by atoms with Crippen LogP contribution in [0.1, 0.15) is 69.3 Å². The number of anilines is 6. The predicted molar refractivity (Wildman–Crippen MR) is 307 cm³/mol. The molecule has 10 aromatic rings. The molecule has 346 valence electrons. The first-order valence-electron chi connectivity index (χ1n) is 27.7. The molecule has 0 aromatic heterocycles. The first-order chi connectivity index (χ1) is 37.6. The Balaban J connectivity index is 0.897. The summed E-state index contributed by atoms with van der Waals surface area (Å²) in [4.78, 5) is 4.63. The summed E-state index contributed by atoms with van der Waals surface area (Å²) in [5.74, 6) is 0. The molecule has 0 aliphatic heterocycles. The molecule has 0 spiro atoms. The van der Waals surface area contributed by atoms with Crippen LogP contribution in [0.4, 0.5) is 34.1 Å². The molecule has 12 rings (SSSR count). The fourth-order valence-corrected chi connectivity index (χ4v) is 11.3. The largest absolute Gasteiger partial charge is 0.310 e. The summed E-state index contributed by atoms with van der Waals surface area (Å²) < 4.78 is 47.4. The average molecular weight is 931 g/mol. The van der Waals surface area contributed by atoms with E-state index in [1.165, 1.54) is 44.5 Å². The topological polar surface area (TPSA) is 6.48 Å². The molecule has 2 heteroatoms. The maximum absolute atomic E-state index is 8.28. The van der Waals surface area contributed by atoms with Gasteiger partial charge in [0.15, 0.2) is 0 Å². The third-order valence-electron chi connectivity index (χ3n) is 15.2. The highest BCUT2D eigenvalue weighted by molar-refractivity contribution is 5.89. The summed E-state index contributed by atoms with van der Waals surface area (Å²) in [6.07, 6.45) is 0. The second-order valence-electron chi connectivity index (χ2n) is 20.1. The minimum absolute atomic E-state index is 0.106. The van der Waals surface area contributed by atoms with Gasteiger partial charge in [0, 0.05) is 45.0 Å². The van der Waals surface area contributed by atoms with E-state index in [9.17, 15) is 0 Å². The summed E-state index contributed by atoms with van der Waals surface area (Å²) in [5.41, 5.74) is 23.1. The molecular formula is C70H56N2. The summed E-state index contributed by atoms with van der Waals surface area (Å²) >= 11 is 0. The van der Waals surface area contributed by atoms with E-state index in [2.05, 4.69) is 219 Å². The third-order valence-corrected chi connectivity index (χ3v) is 15.2. The van der Waals surface area contributed by atoms with E-state index in [0.717, 1.165) is 67.5 Å². The van der Waals surface area contributed by atoms with Crippen molar-refractivity contribution in [1.82, 2.24) is 0 Å². The Kier molecular flexibility index (Phi) is 9.31. The van der Waals surface area contributed by atoms with Gasteiger partial charge in [0.05, 0.1) is 8.22 Å². The van der Waals surface area contributed by atoms with Crippen molar-refractivity contribution in [2.75, 3.05) is 9.80 Å². The second-order valence-corrected chi connectivity index (χ2v) is 20.1. The van der Waals surface area contributed by atoms with Gasteiger partial charge in [0.2, 0.25) is 0 Å². The molecule has 0 heterocycles. The van der Waals surface area contributed by atoms with Crippen molar-refractivity contribution in [3.63, 3.8) is 0 Å². The van der Waals surface area contributed by atoms with Crippen LogP contribution in [0.5, 0.6) is 0 Å². The minimum atomic E-state index is -0.510. The van der Waals surface area contributed by atoms with Crippen LogP contribution in [-0.2, 0) is 10.8 Å². The van der Waals surface area contributed by atoms with E-state index in [1.807, 2.05) is 36.4 Å². The van der Waals surface area contributed by atoms with Crippen molar-refractivity contribution in [3.05, 3.63) is 277 Å². The van der Waals surface area contributed by atoms with E-state index < -0.39 is 13.1 Å². The summed E-state index contributed by atoms with van der Waals surface area (Å²) in [6.45, 7) is 8.22. The van der Waals surface area contributed by atoms with Crippen LogP contribution < -0.4 is 9.80 Å². The highest BCUT2D eigenvalue weighted by Crippen LogP contribution is 2.52. The molecule has 0 atom stereocenters. The standard InChI is InChI=1S/C70H56N2/c1-7-47-15-13-17-53(43-47)51-27-35-57(36-28-51)71(59-39-41-63-61-19-9-11-21-65(61)69(3,4)67(63)45-59)55-31-23-49(24-32-55)50-25-33-56(34-26-50)72(58-37-29-52(30-38-58)54-18-14-16-48(8-2)44-54)60-40-42-64-62-20-10-12-22-66(62)70(5,6)68(64)46-60/h7-46H,1-2H2,3-6H3/i1D2,2D2,7D,8D. The number of hydrogen-bond acceptors (Lipinski definition) is 2. The van der Waals surface area contributed by atoms with Crippen LogP contribution in [-0.4, -0.2) is 0 Å². The average Bonchev–Trinajstić information content (AvgIpc) is 4.11. The van der Waals surface area contributed by atoms with Gasteiger partial charge >= 0.3 is 0 Å². The molecule has 2 aliphatic carbocycles. The van der Waals surface area contributed by atoms with Crippen LogP contribution in [0.3, 0.4) is 0 Å². The van der Waals surface area contributed by atoms with Crippen LogP contribution in [0.25, 0.3) is 67.7 Å². The zero-order valence-corrected chi connectivity index (χ0v) is 40.8. The third kappa shape index (κ3) is 7.59. The zero-order valence-electron chi connectivity index (χ0n) is 46.8. The molecule has 10 aromatic carbocycles. The monoisotopic (exact) mass is 930 g/mol. The maximum Gasteiger partial charge on any atom is 0.0623 e. The number of fused-ring (bicyclic) bond motifs is 6. The summed E-state index contributed by atoms with van der Waals surface area (Å²) in [7, 11) is 0. The smallest absolute Gasteiger partial charge is 0.0623 e. The second kappa shape index (κ2) is 17.6. The highest BCUT2D eigenvalue weighted by atomic mass is 15.1. The Labute approximate surface area is 433 Å². The molecule has 0 amide bonds. The highest BCUT2D eigenvalue weighted by Gasteiger charge is 2.37. The summed E-state index contributed by atoms with van der Waals surface area (Å²) in [6, 6.07) is 80.5. The number of hydrogen-bond donors (Lipinski definition) is 0. The molecule has 2 aliphatic rings. The Morgan fingerprint density at radius 2 is 0.639 bits per heavy atom. The van der Waals surface area contributed by atoms with Crippen molar-refractivity contribution >= 4 is 46.2 Å². The zero-order chi connectivity index (χ0) is 54.0. The normalized spacial score (nSPS) is 14.4. The molecule has 0 saturated heterocycles. The van der Waals surface area contributed by atoms with Gasteiger partial charge in [-0.25, -0.2) is 0 Å². The molecule has 0 unspecified atom stereocenters. The molecular weight excluding hydrogens is 869 g/mol. The Morgan fingerprint density at radius 1 is 0.319 bits per heavy atom. The van der Waals surface area contributed by atoms with Gasteiger partial charge in [-0.05, 0) is 174 Å². The van der Waals surface area contributed by atoms with E-state index in [-0.39, 0.29) is 22.9 Å². The van der Waals surface area contributed by atoms with Crippen molar-refractivity contribution in [1.29, 1.82) is 0 Å². The van der Waals surface area contributed by atoms with E-state index >= 15 is 0 Å². The lowest BCUT2D eigenvalue weighted by molar-refractivity contribution is 0.660. The van der Waals surface area contributed by atoms with E-state index in [1.54, 1.807) is 12.1 Å². The van der Waals surface area contributed by atoms with Gasteiger partial charge < -0.3 is 9.80 Å². The number of benzene rings is 10. The molecule has 2 nitrogen and oxygen atoms in total. The van der Waals surface area contributed by atoms with Crippen molar-refractivity contribution in [2.45, 2.75) is 38.5 Å². The van der Waals surface area contributed by atoms with Crippen LogP contribution in [0.2, 0.25) is 0 Å². The first kappa shape index (κ1) is 38.1. The fraction of sp³-hybridized carbons (Fsp3) is 0.0857. The van der Waals surface area contributed by atoms with E-state index in [0.29, 0.717) is 11.1 Å². The van der Waals surface area contributed by atoms with Crippen LogP contribution >= 0.6 is 0 Å². The van der Waals surface area contributed by atoms with E-state index in [4.69, 9.17) is 8.22 Å². The lowest BCUT2D eigenvalue weighted by Gasteiger charge is -2.29. The molecule has 72 heavy (non-hydrogen) atoms. The molecule has 0 N–H and O–H groups in total. The van der Waals surface area contributed by atoms with Gasteiger partial charge in [-0.3, -0.25) is 0 Å². The molecule has 0 radical (unpaired) electrons. The van der Waals surface area contributed by atoms with Crippen molar-refractivity contribution in [3.8, 4) is 55.6 Å². The first-order valence-corrected chi connectivity index (χ1v) is 24.7. The van der Waals surface area contributed by atoms with Gasteiger partial charge in [0.1, 0.15) is 0 Å². The minimum Gasteiger partial charge on any atom is -0.310 e. The lowest BCUT2D eigenvalue weighted by Crippen LogP contribution is -2.16. The van der Waals surface area contributed by atoms with Crippen molar-refractivity contribution < 1.29 is 8.22 Å². The predicted octanol–water partition coefficient (Wildman–Crippen LogP) is 19.5. The Bertz CT molecular complexity index is 3750. The Morgan fingerprint density at radius 3 is 1.00 bits per heavy atom. The van der Waals surface area contributed by atoms with Crippen LogP contribution in [0, 0.1) is 0 Å².